The van der Waals surface area contributed by atoms with Gasteiger partial charge in [-0.2, -0.15) is 0 Å². The van der Waals surface area contributed by atoms with Crippen LogP contribution in [0.25, 0.3) is 0 Å². The summed E-state index contributed by atoms with van der Waals surface area (Å²) < 4.78 is 0. The summed E-state index contributed by atoms with van der Waals surface area (Å²) in [7, 11) is 0. The minimum Gasteiger partial charge on any atom is -0.354 e. The average Bonchev–Trinajstić information content (AvgIpc) is 2.87. The van der Waals surface area contributed by atoms with Crippen molar-refractivity contribution in [1.29, 1.82) is 0 Å². The first-order chi connectivity index (χ1) is 13.0. The zero-order chi connectivity index (χ0) is 19.4. The van der Waals surface area contributed by atoms with Crippen LogP contribution in [0, 0.1) is 13.8 Å². The van der Waals surface area contributed by atoms with Gasteiger partial charge in [-0.1, -0.05) is 44.2 Å². The SMILES string of the molecule is Cc1nc(C)c(C(C)C)c(N2CCCN(C(=O)Cc3ccccc3)CC2)n1. The van der Waals surface area contributed by atoms with E-state index >= 15 is 0 Å². The topological polar surface area (TPSA) is 49.3 Å². The molecule has 27 heavy (non-hydrogen) atoms. The Labute approximate surface area is 162 Å². The van der Waals surface area contributed by atoms with E-state index in [0.29, 0.717) is 12.3 Å². The summed E-state index contributed by atoms with van der Waals surface area (Å²) in [6.45, 7) is 11.7. The fourth-order valence-electron chi connectivity index (χ4n) is 3.88. The standard InChI is InChI=1S/C22H30N4O/c1-16(2)21-17(3)23-18(4)24-22(21)26-12-8-11-25(13-14-26)20(27)15-19-9-6-5-7-10-19/h5-7,9-10,16H,8,11-15H2,1-4H3. The molecule has 1 aromatic heterocycles. The first kappa shape index (κ1) is 19.3. The second-order valence-electron chi connectivity index (χ2n) is 7.63. The van der Waals surface area contributed by atoms with Gasteiger partial charge in [0.05, 0.1) is 6.42 Å². The molecular formula is C22H30N4O. The molecule has 2 aromatic rings. The van der Waals surface area contributed by atoms with Crippen molar-refractivity contribution < 1.29 is 4.79 Å². The van der Waals surface area contributed by atoms with Crippen LogP contribution in [0.1, 0.15) is 48.8 Å². The van der Waals surface area contributed by atoms with Gasteiger partial charge in [-0.3, -0.25) is 4.79 Å². The van der Waals surface area contributed by atoms with Crippen molar-refractivity contribution in [2.45, 2.75) is 46.5 Å². The van der Waals surface area contributed by atoms with Crippen molar-refractivity contribution >= 4 is 11.7 Å². The van der Waals surface area contributed by atoms with Crippen LogP contribution in [0.15, 0.2) is 30.3 Å². The molecule has 0 saturated carbocycles. The molecule has 1 aromatic carbocycles. The Morgan fingerprint density at radius 2 is 1.78 bits per heavy atom. The van der Waals surface area contributed by atoms with Crippen molar-refractivity contribution in [2.75, 3.05) is 31.1 Å². The number of benzene rings is 1. The lowest BCUT2D eigenvalue weighted by Crippen LogP contribution is -2.36. The van der Waals surface area contributed by atoms with Gasteiger partial charge in [0.15, 0.2) is 0 Å². The molecule has 0 aliphatic carbocycles. The Morgan fingerprint density at radius 1 is 1.04 bits per heavy atom. The second kappa shape index (κ2) is 8.51. The minimum atomic E-state index is 0.210. The largest absolute Gasteiger partial charge is 0.354 e. The van der Waals surface area contributed by atoms with Crippen molar-refractivity contribution in [1.82, 2.24) is 14.9 Å². The molecule has 1 aliphatic heterocycles. The number of anilines is 1. The molecule has 0 N–H and O–H groups in total. The minimum absolute atomic E-state index is 0.210. The summed E-state index contributed by atoms with van der Waals surface area (Å²) in [5.41, 5.74) is 3.37. The van der Waals surface area contributed by atoms with Crippen molar-refractivity contribution in [3.63, 3.8) is 0 Å². The van der Waals surface area contributed by atoms with E-state index < -0.39 is 0 Å². The Morgan fingerprint density at radius 3 is 2.48 bits per heavy atom. The lowest BCUT2D eigenvalue weighted by Gasteiger charge is -2.27. The Bertz CT molecular complexity index is 788. The molecule has 0 unspecified atom stereocenters. The van der Waals surface area contributed by atoms with Crippen LogP contribution < -0.4 is 4.90 Å². The number of aromatic nitrogens is 2. The van der Waals surface area contributed by atoms with Gasteiger partial charge in [0, 0.05) is 37.4 Å². The van der Waals surface area contributed by atoms with Gasteiger partial charge in [0.2, 0.25) is 5.91 Å². The van der Waals surface area contributed by atoms with E-state index in [1.165, 1.54) is 5.56 Å². The molecule has 5 nitrogen and oxygen atoms in total. The van der Waals surface area contributed by atoms with E-state index in [0.717, 1.165) is 55.5 Å². The van der Waals surface area contributed by atoms with E-state index in [4.69, 9.17) is 4.98 Å². The van der Waals surface area contributed by atoms with Gasteiger partial charge in [-0.15, -0.1) is 0 Å². The second-order valence-corrected chi connectivity index (χ2v) is 7.63. The third-order valence-corrected chi connectivity index (χ3v) is 5.15. The number of nitrogens with zero attached hydrogens (tertiary/aromatic N) is 4. The molecule has 2 heterocycles. The maximum Gasteiger partial charge on any atom is 0.227 e. The van der Waals surface area contributed by atoms with Crippen LogP contribution in [0.5, 0.6) is 0 Å². The Hall–Kier alpha value is -2.43. The number of carbonyl (C=O) groups excluding carboxylic acids is 1. The summed E-state index contributed by atoms with van der Waals surface area (Å²) in [6, 6.07) is 9.99. The fraction of sp³-hybridized carbons (Fsp3) is 0.500. The lowest BCUT2D eigenvalue weighted by molar-refractivity contribution is -0.130. The Balaban J connectivity index is 1.73. The molecule has 5 heteroatoms. The first-order valence-corrected chi connectivity index (χ1v) is 9.87. The zero-order valence-corrected chi connectivity index (χ0v) is 16.9. The summed E-state index contributed by atoms with van der Waals surface area (Å²) in [5, 5.41) is 0. The van der Waals surface area contributed by atoms with Gasteiger partial charge in [-0.25, -0.2) is 9.97 Å². The number of aryl methyl sites for hydroxylation is 2. The van der Waals surface area contributed by atoms with Crippen molar-refractivity contribution in [3.05, 3.63) is 53.0 Å². The van der Waals surface area contributed by atoms with Crippen LogP contribution in [-0.2, 0) is 11.2 Å². The van der Waals surface area contributed by atoms with E-state index in [2.05, 4.69) is 30.7 Å². The number of amides is 1. The maximum atomic E-state index is 12.7. The molecule has 0 atom stereocenters. The van der Waals surface area contributed by atoms with Gasteiger partial charge in [-0.05, 0) is 31.7 Å². The highest BCUT2D eigenvalue weighted by Gasteiger charge is 2.23. The highest BCUT2D eigenvalue weighted by atomic mass is 16.2. The summed E-state index contributed by atoms with van der Waals surface area (Å²) in [6.07, 6.45) is 1.43. The normalized spacial score (nSPS) is 15.1. The smallest absolute Gasteiger partial charge is 0.227 e. The number of hydrogen-bond donors (Lipinski definition) is 0. The molecular weight excluding hydrogens is 336 g/mol. The predicted octanol–water partition coefficient (Wildman–Crippen LogP) is 3.50. The molecule has 1 fully saturated rings. The molecule has 0 spiro atoms. The van der Waals surface area contributed by atoms with Crippen LogP contribution in [0.2, 0.25) is 0 Å². The molecule has 1 aliphatic rings. The summed E-state index contributed by atoms with van der Waals surface area (Å²) >= 11 is 0. The van der Waals surface area contributed by atoms with Gasteiger partial charge in [0.25, 0.3) is 0 Å². The van der Waals surface area contributed by atoms with Crippen LogP contribution in [0.4, 0.5) is 5.82 Å². The van der Waals surface area contributed by atoms with E-state index in [1.54, 1.807) is 0 Å². The third kappa shape index (κ3) is 4.65. The third-order valence-electron chi connectivity index (χ3n) is 5.15. The van der Waals surface area contributed by atoms with E-state index in [-0.39, 0.29) is 5.91 Å². The monoisotopic (exact) mass is 366 g/mol. The highest BCUT2D eigenvalue weighted by Crippen LogP contribution is 2.29. The molecule has 3 rings (SSSR count). The van der Waals surface area contributed by atoms with Crippen LogP contribution in [-0.4, -0.2) is 47.0 Å². The van der Waals surface area contributed by atoms with Crippen LogP contribution in [0.3, 0.4) is 0 Å². The van der Waals surface area contributed by atoms with Gasteiger partial charge in [0.1, 0.15) is 11.6 Å². The molecule has 1 saturated heterocycles. The molecule has 0 radical (unpaired) electrons. The zero-order valence-electron chi connectivity index (χ0n) is 16.9. The predicted molar refractivity (Wildman–Crippen MR) is 109 cm³/mol. The molecule has 0 bridgehead atoms. The quantitative estimate of drug-likeness (QED) is 0.831. The average molecular weight is 367 g/mol. The highest BCUT2D eigenvalue weighted by molar-refractivity contribution is 5.78. The molecule has 1 amide bonds. The van der Waals surface area contributed by atoms with E-state index in [1.807, 2.05) is 42.2 Å². The van der Waals surface area contributed by atoms with Gasteiger partial charge < -0.3 is 9.80 Å². The summed E-state index contributed by atoms with van der Waals surface area (Å²) in [5.74, 6) is 2.45. The number of rotatable bonds is 4. The van der Waals surface area contributed by atoms with Crippen molar-refractivity contribution in [3.8, 4) is 0 Å². The van der Waals surface area contributed by atoms with Crippen molar-refractivity contribution in [2.24, 2.45) is 0 Å². The fourth-order valence-corrected chi connectivity index (χ4v) is 3.88. The van der Waals surface area contributed by atoms with Crippen LogP contribution >= 0.6 is 0 Å². The summed E-state index contributed by atoms with van der Waals surface area (Å²) in [4.78, 5) is 26.4. The van der Waals surface area contributed by atoms with Gasteiger partial charge >= 0.3 is 0 Å². The first-order valence-electron chi connectivity index (χ1n) is 9.87. The Kier molecular flexibility index (Phi) is 6.09. The number of carbonyl (C=O) groups is 1. The molecule has 144 valence electrons. The maximum absolute atomic E-state index is 12.7. The number of hydrogen-bond acceptors (Lipinski definition) is 4. The van der Waals surface area contributed by atoms with E-state index in [9.17, 15) is 4.79 Å². The lowest BCUT2D eigenvalue weighted by atomic mass is 10.0.